The highest BCUT2D eigenvalue weighted by molar-refractivity contribution is 6.29. The van der Waals surface area contributed by atoms with Crippen LogP contribution in [-0.2, 0) is 23.0 Å². The summed E-state index contributed by atoms with van der Waals surface area (Å²) in [5.41, 5.74) is 0.624. The number of aliphatic hydroxyl groups excluding tert-OH is 1. The Kier molecular flexibility index (Phi) is 5.82. The Morgan fingerprint density at radius 1 is 1.32 bits per heavy atom. The van der Waals surface area contributed by atoms with E-state index in [0.29, 0.717) is 12.8 Å². The second-order valence-electron chi connectivity index (χ2n) is 12.3. The number of rotatable bonds is 4. The third-order valence-electron chi connectivity index (χ3n) is 10.8. The van der Waals surface area contributed by atoms with Crippen molar-refractivity contribution in [2.24, 2.45) is 35.6 Å². The fourth-order valence-electron chi connectivity index (χ4n) is 9.07. The number of esters is 1. The Balaban J connectivity index is 1.44. The van der Waals surface area contributed by atoms with E-state index < -0.39 is 33.4 Å². The second kappa shape index (κ2) is 8.45. The van der Waals surface area contributed by atoms with Crippen molar-refractivity contribution in [3.63, 3.8) is 0 Å². The van der Waals surface area contributed by atoms with Gasteiger partial charge in [-0.25, -0.2) is 4.79 Å². The highest BCUT2D eigenvalue weighted by Gasteiger charge is 2.76. The molecule has 0 bridgehead atoms. The molecule has 2 aromatic rings. The number of allylic oxidation sites excluding steroid dienone is 1. The van der Waals surface area contributed by atoms with Crippen LogP contribution in [0.25, 0.3) is 6.08 Å². The largest absolute Gasteiger partial charge is 0.457 e. The first-order valence-electron chi connectivity index (χ1n) is 13.4. The van der Waals surface area contributed by atoms with Crippen LogP contribution in [0.4, 0.5) is 0 Å². The van der Waals surface area contributed by atoms with E-state index in [1.54, 1.807) is 6.07 Å². The quantitative estimate of drug-likeness (QED) is 0.409. The van der Waals surface area contributed by atoms with Crippen LogP contribution in [0.3, 0.4) is 0 Å². The van der Waals surface area contributed by atoms with Gasteiger partial charge < -0.3 is 14.3 Å². The number of Topliss-reactive ketones (excluding diaryl/α,β-unsaturated/α-hetero) is 1. The lowest BCUT2D eigenvalue weighted by Crippen LogP contribution is -2.70. The van der Waals surface area contributed by atoms with E-state index in [4.69, 9.17) is 32.4 Å². The summed E-state index contributed by atoms with van der Waals surface area (Å²) in [6.07, 6.45) is 7.74. The number of hydrogen-bond donors (Lipinski definition) is 1. The molecule has 8 atom stereocenters. The van der Waals surface area contributed by atoms with Crippen molar-refractivity contribution in [1.82, 2.24) is 9.78 Å². The molecule has 1 N–H and O–H groups in total. The number of hydrogen-bond acceptors (Lipinski definition) is 6. The van der Waals surface area contributed by atoms with Crippen molar-refractivity contribution < 1.29 is 23.8 Å². The number of nitrogens with zero attached hydrogens (tertiary/aromatic N) is 2. The molecule has 9 heteroatoms. The smallest absolute Gasteiger partial charge is 0.375 e. The number of fused-ring (bicyclic) bond motifs is 6. The van der Waals surface area contributed by atoms with Gasteiger partial charge >= 0.3 is 5.97 Å². The molecule has 0 spiro atoms. The number of ketones is 1. The highest BCUT2D eigenvalue weighted by atomic mass is 35.5. The molecule has 0 aromatic carbocycles. The van der Waals surface area contributed by atoms with Crippen LogP contribution in [0.1, 0.15) is 68.3 Å². The van der Waals surface area contributed by atoms with Gasteiger partial charge in [-0.2, -0.15) is 5.10 Å². The molecule has 0 aliphatic heterocycles. The van der Waals surface area contributed by atoms with Gasteiger partial charge in [0.2, 0.25) is 5.76 Å². The first kappa shape index (κ1) is 26.1. The molecule has 3 saturated carbocycles. The number of alkyl halides is 2. The molecule has 0 unspecified atom stereocenters. The summed E-state index contributed by atoms with van der Waals surface area (Å²) in [5, 5.41) is 16.5. The summed E-state index contributed by atoms with van der Waals surface area (Å²) in [6, 6.07) is 3.12. The number of furan rings is 1. The highest BCUT2D eigenvalue weighted by Crippen LogP contribution is 2.72. The third kappa shape index (κ3) is 3.04. The lowest BCUT2D eigenvalue weighted by atomic mass is 9.44. The van der Waals surface area contributed by atoms with Crippen molar-refractivity contribution in [2.75, 3.05) is 5.88 Å². The molecule has 0 saturated heterocycles. The van der Waals surface area contributed by atoms with Crippen LogP contribution in [-0.4, -0.2) is 49.1 Å². The summed E-state index contributed by atoms with van der Waals surface area (Å²) >= 11 is 13.9. The van der Waals surface area contributed by atoms with Gasteiger partial charge in [-0.05, 0) is 67.7 Å². The molecule has 2 aromatic heterocycles. The minimum absolute atomic E-state index is 0.0310. The molecule has 0 radical (unpaired) electrons. The lowest BCUT2D eigenvalue weighted by Gasteiger charge is -2.64. The van der Waals surface area contributed by atoms with Gasteiger partial charge in [-0.15, -0.1) is 23.2 Å². The molecule has 3 fully saturated rings. The zero-order valence-electron chi connectivity index (χ0n) is 22.2. The molecule has 4 aliphatic carbocycles. The fourth-order valence-corrected chi connectivity index (χ4v) is 9.79. The van der Waals surface area contributed by atoms with Gasteiger partial charge in [0.1, 0.15) is 0 Å². The number of carbonyl (C=O) groups excluding carboxylic acids is 2. The Bertz CT molecular complexity index is 1340. The molecule has 7 nitrogen and oxygen atoms in total. The normalized spacial score (nSPS) is 41.4. The Hall–Kier alpha value is -2.09. The summed E-state index contributed by atoms with van der Waals surface area (Å²) in [4.78, 5) is 26.0. The topological polar surface area (TPSA) is 94.6 Å². The Morgan fingerprint density at radius 2 is 2.08 bits per heavy atom. The van der Waals surface area contributed by atoms with E-state index in [-0.39, 0.29) is 41.6 Å². The van der Waals surface area contributed by atoms with E-state index in [0.717, 1.165) is 24.1 Å². The SMILES string of the molecule is C[C@@H]1C[C@H]2[C@@H]3CCC4=Cc5c(cnn5C)C[C@]4(C)[C@@]3(Cl)[C@@H](O)C[C@]2(C)[C@@]1(OC(=O)c1ccco1)C(=O)CCl. The molecular formula is C29H34Cl2N2O5. The molecular weight excluding hydrogens is 527 g/mol. The maximum atomic E-state index is 13.7. The van der Waals surface area contributed by atoms with Crippen LogP contribution < -0.4 is 0 Å². The van der Waals surface area contributed by atoms with Gasteiger partial charge in [0.25, 0.3) is 0 Å². The average molecular weight is 562 g/mol. The number of aryl methyl sites for hydroxylation is 1. The number of carbonyl (C=O) groups is 2. The van der Waals surface area contributed by atoms with Gasteiger partial charge in [-0.1, -0.05) is 26.3 Å². The van der Waals surface area contributed by atoms with Gasteiger partial charge in [0, 0.05) is 23.8 Å². The molecule has 0 amide bonds. The van der Waals surface area contributed by atoms with Crippen LogP contribution in [0.5, 0.6) is 0 Å². The standard InChI is InChI=1S/C29H34Cl2N2O5/c1-16-10-20-19-8-7-18-11-21-17(15-32-33(21)4)12-26(18,2)28(19,31)23(34)13-27(20,3)29(16,24(35)14-30)38-25(36)22-6-5-9-37-22/h5-6,9,11,15-16,19-20,23,34H,7-8,10,12-14H2,1-4H3/t16-,19+,20+,23+,26+,27+,28+,29+/m1/s1. The predicted octanol–water partition coefficient (Wildman–Crippen LogP) is 5.18. The predicted molar refractivity (Wildman–Crippen MR) is 143 cm³/mol. The first-order chi connectivity index (χ1) is 17.9. The average Bonchev–Trinajstić information content (AvgIpc) is 3.58. The van der Waals surface area contributed by atoms with Crippen molar-refractivity contribution in [3.05, 3.63) is 47.2 Å². The zero-order chi connectivity index (χ0) is 27.3. The second-order valence-corrected chi connectivity index (χ2v) is 13.2. The lowest BCUT2D eigenvalue weighted by molar-refractivity contribution is -0.179. The van der Waals surface area contributed by atoms with Crippen LogP contribution in [0, 0.1) is 28.6 Å². The first-order valence-corrected chi connectivity index (χ1v) is 14.3. The zero-order valence-corrected chi connectivity index (χ0v) is 23.7. The summed E-state index contributed by atoms with van der Waals surface area (Å²) in [7, 11) is 1.94. The van der Waals surface area contributed by atoms with Crippen molar-refractivity contribution in [1.29, 1.82) is 0 Å². The minimum Gasteiger partial charge on any atom is -0.457 e. The van der Waals surface area contributed by atoms with E-state index in [2.05, 4.69) is 18.1 Å². The molecule has 6 rings (SSSR count). The van der Waals surface area contributed by atoms with Crippen molar-refractivity contribution >= 4 is 41.0 Å². The summed E-state index contributed by atoms with van der Waals surface area (Å²) in [5.74, 6) is -1.75. The van der Waals surface area contributed by atoms with E-state index in [1.165, 1.54) is 17.9 Å². The van der Waals surface area contributed by atoms with Crippen molar-refractivity contribution in [3.8, 4) is 0 Å². The van der Waals surface area contributed by atoms with Crippen LogP contribution in [0.15, 0.2) is 34.6 Å². The molecule has 204 valence electrons. The molecule has 38 heavy (non-hydrogen) atoms. The van der Waals surface area contributed by atoms with E-state index in [9.17, 15) is 14.7 Å². The van der Waals surface area contributed by atoms with Gasteiger partial charge in [-0.3, -0.25) is 9.48 Å². The van der Waals surface area contributed by atoms with Crippen LogP contribution >= 0.6 is 23.2 Å². The summed E-state index contributed by atoms with van der Waals surface area (Å²) in [6.45, 7) is 6.10. The molecule has 2 heterocycles. The van der Waals surface area contributed by atoms with Crippen LogP contribution in [0.2, 0.25) is 0 Å². The van der Waals surface area contributed by atoms with E-state index in [1.807, 2.05) is 31.8 Å². The number of aromatic nitrogens is 2. The number of aliphatic hydroxyl groups is 1. The maximum absolute atomic E-state index is 13.7. The number of halogens is 2. The molecule has 4 aliphatic rings. The van der Waals surface area contributed by atoms with E-state index >= 15 is 0 Å². The number of ether oxygens (including phenoxy) is 1. The maximum Gasteiger partial charge on any atom is 0.375 e. The fraction of sp³-hybridized carbons (Fsp3) is 0.621. The summed E-state index contributed by atoms with van der Waals surface area (Å²) < 4.78 is 13.4. The van der Waals surface area contributed by atoms with Gasteiger partial charge in [0.15, 0.2) is 11.4 Å². The third-order valence-corrected chi connectivity index (χ3v) is 12.0. The van der Waals surface area contributed by atoms with Gasteiger partial charge in [0.05, 0.1) is 35.0 Å². The van der Waals surface area contributed by atoms with Crippen molar-refractivity contribution in [2.45, 2.75) is 69.5 Å². The monoisotopic (exact) mass is 560 g/mol. The minimum atomic E-state index is -1.50. The Morgan fingerprint density at radius 3 is 2.76 bits per heavy atom. The Labute approximate surface area is 232 Å².